The van der Waals surface area contributed by atoms with Crippen LogP contribution < -0.4 is 19.3 Å². The van der Waals surface area contributed by atoms with E-state index < -0.39 is 5.97 Å². The van der Waals surface area contributed by atoms with Crippen molar-refractivity contribution in [2.24, 2.45) is 5.92 Å². The van der Waals surface area contributed by atoms with Gasteiger partial charge < -0.3 is 29.1 Å². The van der Waals surface area contributed by atoms with E-state index in [1.54, 1.807) is 19.2 Å². The Kier molecular flexibility index (Phi) is 8.00. The summed E-state index contributed by atoms with van der Waals surface area (Å²) >= 11 is 0. The molecule has 2 aromatic carbocycles. The minimum Gasteiger partial charge on any atom is -0.494 e. The van der Waals surface area contributed by atoms with Crippen LogP contribution in [0.3, 0.4) is 0 Å². The number of anilines is 2. The van der Waals surface area contributed by atoms with Crippen LogP contribution in [0.5, 0.6) is 11.5 Å². The van der Waals surface area contributed by atoms with Gasteiger partial charge >= 0.3 is 5.97 Å². The lowest BCUT2D eigenvalue weighted by Gasteiger charge is -2.34. The number of hydrogen-bond donors (Lipinski definition) is 1. The highest BCUT2D eigenvalue weighted by atomic mass is 19.1. The molecule has 7 nitrogen and oxygen atoms in total. The summed E-state index contributed by atoms with van der Waals surface area (Å²) in [5.41, 5.74) is 1.54. The first-order valence-electron chi connectivity index (χ1n) is 12.3. The summed E-state index contributed by atoms with van der Waals surface area (Å²) in [6.07, 6.45) is 1.71. The van der Waals surface area contributed by atoms with Gasteiger partial charge in [-0.1, -0.05) is 6.92 Å². The molecular formula is C27H35FN2O5. The van der Waals surface area contributed by atoms with Crippen molar-refractivity contribution in [3.63, 3.8) is 0 Å². The first-order valence-corrected chi connectivity index (χ1v) is 12.3. The topological polar surface area (TPSA) is 71.5 Å². The molecule has 2 aromatic rings. The van der Waals surface area contributed by atoms with Crippen LogP contribution in [0.1, 0.15) is 33.1 Å². The quantitative estimate of drug-likeness (QED) is 0.556. The number of rotatable bonds is 9. The Bertz CT molecular complexity index is 994. The Morgan fingerprint density at radius 3 is 2.43 bits per heavy atom. The maximum Gasteiger partial charge on any atom is 0.305 e. The first-order chi connectivity index (χ1) is 16.9. The average Bonchev–Trinajstić information content (AvgIpc) is 3.16. The summed E-state index contributed by atoms with van der Waals surface area (Å²) in [5, 5.41) is 9.37. The van der Waals surface area contributed by atoms with E-state index in [0.717, 1.165) is 24.3 Å². The molecule has 0 bridgehead atoms. The molecule has 4 rings (SSSR count). The summed E-state index contributed by atoms with van der Waals surface area (Å²) < 4.78 is 31.7. The number of methoxy groups -OCH3 is 1. The molecule has 2 saturated heterocycles. The highest BCUT2D eigenvalue weighted by Gasteiger charge is 2.40. The van der Waals surface area contributed by atoms with Crippen molar-refractivity contribution in [1.29, 1.82) is 0 Å². The summed E-state index contributed by atoms with van der Waals surface area (Å²) in [6, 6.07) is 12.6. The molecule has 0 amide bonds. The maximum absolute atomic E-state index is 14.4. The number of carboxylic acid groups (broad SMARTS) is 1. The number of aliphatic carboxylic acids is 1. The summed E-state index contributed by atoms with van der Waals surface area (Å²) in [5.74, 6) is 0.534. The Morgan fingerprint density at radius 1 is 1.11 bits per heavy atom. The SMILES string of the molecule is CCOc1ccc(F)c(N2CCC(Oc3ccc(N4C[C@H](OC)[C@@H](C)[C@@H]4CC(=O)O)cc3)CC2)c1. The van der Waals surface area contributed by atoms with Gasteiger partial charge in [0.1, 0.15) is 23.4 Å². The number of carboxylic acids is 1. The van der Waals surface area contributed by atoms with Crippen molar-refractivity contribution in [3.8, 4) is 11.5 Å². The second-order valence-electron chi connectivity index (χ2n) is 9.30. The van der Waals surface area contributed by atoms with Gasteiger partial charge in [0.15, 0.2) is 0 Å². The van der Waals surface area contributed by atoms with Crippen LogP contribution in [-0.2, 0) is 9.53 Å². The Hall–Kier alpha value is -3.00. The Balaban J connectivity index is 1.35. The standard InChI is InChI=1S/C27H35FN2O5/c1-4-34-22-9-10-23(28)25(15-22)29-13-11-21(12-14-29)35-20-7-5-19(6-8-20)30-17-26(33-3)18(2)24(30)16-27(31)32/h5-10,15,18,21,24,26H,4,11-14,16-17H2,1-3H3,(H,31,32)/t18-,24-,26-/m0/s1. The molecule has 1 N–H and O–H groups in total. The van der Waals surface area contributed by atoms with E-state index in [4.69, 9.17) is 14.2 Å². The van der Waals surface area contributed by atoms with Gasteiger partial charge in [0.2, 0.25) is 0 Å². The number of benzene rings is 2. The summed E-state index contributed by atoms with van der Waals surface area (Å²) in [6.45, 7) is 6.57. The third-order valence-electron chi connectivity index (χ3n) is 7.14. The maximum atomic E-state index is 14.4. The largest absolute Gasteiger partial charge is 0.494 e. The number of hydrogen-bond acceptors (Lipinski definition) is 6. The Labute approximate surface area is 206 Å². The highest BCUT2D eigenvalue weighted by molar-refractivity contribution is 5.69. The normalized spacial score (nSPS) is 22.9. The first kappa shape index (κ1) is 25.1. The average molecular weight is 487 g/mol. The van der Waals surface area contributed by atoms with E-state index in [9.17, 15) is 14.3 Å². The number of carbonyl (C=O) groups is 1. The monoisotopic (exact) mass is 486 g/mol. The lowest BCUT2D eigenvalue weighted by molar-refractivity contribution is -0.137. The van der Waals surface area contributed by atoms with Crippen LogP contribution >= 0.6 is 0 Å². The lowest BCUT2D eigenvalue weighted by atomic mass is 9.97. The smallest absolute Gasteiger partial charge is 0.305 e. The number of piperidine rings is 1. The molecule has 2 fully saturated rings. The zero-order chi connectivity index (χ0) is 24.9. The fraction of sp³-hybridized carbons (Fsp3) is 0.519. The molecule has 0 spiro atoms. The zero-order valence-electron chi connectivity index (χ0n) is 20.7. The zero-order valence-corrected chi connectivity index (χ0v) is 20.7. The summed E-state index contributed by atoms with van der Waals surface area (Å²) in [7, 11) is 1.68. The van der Waals surface area contributed by atoms with E-state index >= 15 is 0 Å². The Morgan fingerprint density at radius 2 is 1.80 bits per heavy atom. The van der Waals surface area contributed by atoms with Gasteiger partial charge in [-0.2, -0.15) is 0 Å². The molecule has 0 aromatic heterocycles. The van der Waals surface area contributed by atoms with Gasteiger partial charge in [0.25, 0.3) is 0 Å². The van der Waals surface area contributed by atoms with E-state index in [0.29, 0.717) is 37.7 Å². The van der Waals surface area contributed by atoms with Crippen LogP contribution in [0.15, 0.2) is 42.5 Å². The number of nitrogens with zero attached hydrogens (tertiary/aromatic N) is 2. The molecule has 2 aliphatic heterocycles. The molecule has 3 atom stereocenters. The van der Waals surface area contributed by atoms with Crippen molar-refractivity contribution in [2.45, 2.75) is 51.4 Å². The van der Waals surface area contributed by atoms with Crippen molar-refractivity contribution in [1.82, 2.24) is 0 Å². The molecule has 190 valence electrons. The van der Waals surface area contributed by atoms with Crippen LogP contribution in [0.2, 0.25) is 0 Å². The fourth-order valence-electron chi connectivity index (χ4n) is 5.20. The molecule has 0 unspecified atom stereocenters. The van der Waals surface area contributed by atoms with Crippen molar-refractivity contribution in [3.05, 3.63) is 48.3 Å². The van der Waals surface area contributed by atoms with Crippen molar-refractivity contribution in [2.75, 3.05) is 43.2 Å². The van der Waals surface area contributed by atoms with E-state index in [1.165, 1.54) is 6.07 Å². The van der Waals surface area contributed by atoms with Gasteiger partial charge in [0, 0.05) is 63.3 Å². The fourth-order valence-corrected chi connectivity index (χ4v) is 5.20. The predicted molar refractivity (Wildman–Crippen MR) is 133 cm³/mol. The van der Waals surface area contributed by atoms with Crippen molar-refractivity contribution >= 4 is 17.3 Å². The van der Waals surface area contributed by atoms with Crippen LogP contribution in [0, 0.1) is 11.7 Å². The molecule has 2 aliphatic rings. The minimum absolute atomic E-state index is 0.000438. The van der Waals surface area contributed by atoms with Gasteiger partial charge in [0.05, 0.1) is 24.8 Å². The van der Waals surface area contributed by atoms with Crippen LogP contribution in [-0.4, -0.2) is 62.7 Å². The molecule has 8 heteroatoms. The third-order valence-corrected chi connectivity index (χ3v) is 7.14. The van der Waals surface area contributed by atoms with Crippen LogP contribution in [0.4, 0.5) is 15.8 Å². The highest BCUT2D eigenvalue weighted by Crippen LogP contribution is 2.34. The second-order valence-corrected chi connectivity index (χ2v) is 9.30. The summed E-state index contributed by atoms with van der Waals surface area (Å²) in [4.78, 5) is 15.6. The molecular weight excluding hydrogens is 451 g/mol. The molecule has 2 heterocycles. The van der Waals surface area contributed by atoms with Gasteiger partial charge in [-0.15, -0.1) is 0 Å². The lowest BCUT2D eigenvalue weighted by Crippen LogP contribution is -2.38. The van der Waals surface area contributed by atoms with E-state index in [1.807, 2.05) is 43.0 Å². The van der Waals surface area contributed by atoms with E-state index in [-0.39, 0.29) is 36.4 Å². The third kappa shape index (κ3) is 5.81. The van der Waals surface area contributed by atoms with E-state index in [2.05, 4.69) is 4.90 Å². The number of ether oxygens (including phenoxy) is 3. The molecule has 0 saturated carbocycles. The van der Waals surface area contributed by atoms with Gasteiger partial charge in [-0.25, -0.2) is 4.39 Å². The second kappa shape index (κ2) is 11.2. The van der Waals surface area contributed by atoms with Crippen LogP contribution in [0.25, 0.3) is 0 Å². The van der Waals surface area contributed by atoms with Gasteiger partial charge in [-0.3, -0.25) is 4.79 Å². The minimum atomic E-state index is -0.806. The van der Waals surface area contributed by atoms with Gasteiger partial charge in [-0.05, 0) is 43.3 Å². The molecule has 0 aliphatic carbocycles. The number of halogens is 1. The molecule has 0 radical (unpaired) electrons. The molecule has 35 heavy (non-hydrogen) atoms. The van der Waals surface area contributed by atoms with Crippen molar-refractivity contribution < 1.29 is 28.5 Å². The predicted octanol–water partition coefficient (Wildman–Crippen LogP) is 4.59.